The van der Waals surface area contributed by atoms with Crippen LogP contribution in [0.15, 0.2) is 0 Å². The van der Waals surface area contributed by atoms with Crippen LogP contribution in [0.1, 0.15) is 65.7 Å². The molecule has 0 spiro atoms. The molecule has 0 bridgehead atoms. The van der Waals surface area contributed by atoms with Gasteiger partial charge in [-0.1, -0.05) is 20.8 Å². The Balaban J connectivity index is 3.58. The summed E-state index contributed by atoms with van der Waals surface area (Å²) in [5.41, 5.74) is 0.229. The second-order valence-electron chi connectivity index (χ2n) is 6.15. The van der Waals surface area contributed by atoms with Crippen molar-refractivity contribution in [2.75, 3.05) is 6.61 Å². The Morgan fingerprint density at radius 1 is 1.00 bits per heavy atom. The molecule has 0 heterocycles. The molecule has 116 valence electrons. The van der Waals surface area contributed by atoms with Crippen LogP contribution in [0.2, 0.25) is 0 Å². The second-order valence-corrected chi connectivity index (χ2v) is 6.15. The van der Waals surface area contributed by atoms with Crippen LogP contribution in [0.5, 0.6) is 0 Å². The van der Waals surface area contributed by atoms with Crippen molar-refractivity contribution in [1.29, 1.82) is 0 Å². The lowest BCUT2D eigenvalue weighted by molar-refractivity contribution is -0.757. The van der Waals surface area contributed by atoms with E-state index in [1.807, 2.05) is 0 Å². The molecule has 0 atom stereocenters. The highest BCUT2D eigenvalue weighted by atomic mass is 16.9. The van der Waals surface area contributed by atoms with Gasteiger partial charge in [0.2, 0.25) is 0 Å². The summed E-state index contributed by atoms with van der Waals surface area (Å²) in [5, 5.41) is 9.01. The van der Waals surface area contributed by atoms with Crippen LogP contribution in [0.25, 0.3) is 0 Å². The molecule has 20 heavy (non-hydrogen) atoms. The molecular formula is C14H25NO5. The van der Waals surface area contributed by atoms with E-state index in [-0.39, 0.29) is 42.9 Å². The summed E-state index contributed by atoms with van der Waals surface area (Å²) in [5.74, 6) is 0.0743. The number of nitrogens with zero attached hydrogens (tertiary/aromatic N) is 1. The van der Waals surface area contributed by atoms with Crippen LogP contribution >= 0.6 is 0 Å². The minimum absolute atomic E-state index is 0.0406. The number of carbonyl (C=O) groups excluding carboxylic acids is 2. The summed E-state index contributed by atoms with van der Waals surface area (Å²) in [7, 11) is 0. The number of hydrogen-bond donors (Lipinski definition) is 0. The Labute approximate surface area is 120 Å². The second kappa shape index (κ2) is 9.44. The SMILES string of the molecule is CC(C)(C)CCCC(=O)CCC(=O)CCCO[N+](=O)[O-]. The molecule has 0 unspecified atom stereocenters. The fourth-order valence-electron chi connectivity index (χ4n) is 1.75. The zero-order valence-electron chi connectivity index (χ0n) is 12.6. The van der Waals surface area contributed by atoms with Gasteiger partial charge >= 0.3 is 0 Å². The molecule has 0 aromatic heterocycles. The lowest BCUT2D eigenvalue weighted by atomic mass is 9.89. The van der Waals surface area contributed by atoms with Gasteiger partial charge in [-0.05, 0) is 24.7 Å². The van der Waals surface area contributed by atoms with Crippen molar-refractivity contribution < 1.29 is 19.5 Å². The highest BCUT2D eigenvalue weighted by Gasteiger charge is 2.12. The largest absolute Gasteiger partial charge is 0.314 e. The Kier molecular flexibility index (Phi) is 8.76. The molecule has 0 saturated heterocycles. The van der Waals surface area contributed by atoms with E-state index >= 15 is 0 Å². The minimum Gasteiger partial charge on any atom is -0.314 e. The van der Waals surface area contributed by atoms with Gasteiger partial charge in [-0.3, -0.25) is 9.59 Å². The van der Waals surface area contributed by atoms with Gasteiger partial charge in [0.25, 0.3) is 5.09 Å². The number of Topliss-reactive ketones (excluding diaryl/α,β-unsaturated/α-hetero) is 2. The molecule has 0 aliphatic carbocycles. The Hall–Kier alpha value is -1.46. The lowest BCUT2D eigenvalue weighted by Crippen LogP contribution is -2.09. The van der Waals surface area contributed by atoms with Gasteiger partial charge in [-0.25, -0.2) is 0 Å². The van der Waals surface area contributed by atoms with E-state index in [2.05, 4.69) is 25.6 Å². The van der Waals surface area contributed by atoms with Crippen molar-refractivity contribution in [1.82, 2.24) is 0 Å². The van der Waals surface area contributed by atoms with Crippen molar-refractivity contribution in [2.24, 2.45) is 5.41 Å². The Morgan fingerprint density at radius 3 is 1.95 bits per heavy atom. The molecule has 0 amide bonds. The quantitative estimate of drug-likeness (QED) is 0.331. The van der Waals surface area contributed by atoms with Crippen LogP contribution in [-0.4, -0.2) is 23.3 Å². The average molecular weight is 287 g/mol. The van der Waals surface area contributed by atoms with Gasteiger partial charge in [-0.2, -0.15) is 0 Å². The molecule has 0 saturated carbocycles. The standard InChI is InChI=1S/C14H25NO5/c1-14(2,3)10-4-6-12(16)8-9-13(17)7-5-11-20-15(18)19/h4-11H2,1-3H3. The van der Waals surface area contributed by atoms with Crippen molar-refractivity contribution in [3.05, 3.63) is 10.1 Å². The fourth-order valence-corrected chi connectivity index (χ4v) is 1.75. The third kappa shape index (κ3) is 13.0. The van der Waals surface area contributed by atoms with Crippen LogP contribution < -0.4 is 0 Å². The third-order valence-electron chi connectivity index (χ3n) is 2.86. The van der Waals surface area contributed by atoms with Crippen molar-refractivity contribution in [3.63, 3.8) is 0 Å². The Bertz CT molecular complexity index is 333. The zero-order chi connectivity index (χ0) is 15.6. The summed E-state index contributed by atoms with van der Waals surface area (Å²) in [4.78, 5) is 37.0. The first-order valence-electron chi connectivity index (χ1n) is 7.01. The smallest absolute Gasteiger partial charge is 0.294 e. The predicted octanol–water partition coefficient (Wildman–Crippen LogP) is 3.11. The summed E-state index contributed by atoms with van der Waals surface area (Å²) < 4.78 is 0. The lowest BCUT2D eigenvalue weighted by Gasteiger charge is -2.17. The zero-order valence-corrected chi connectivity index (χ0v) is 12.6. The first-order chi connectivity index (χ1) is 9.20. The van der Waals surface area contributed by atoms with Gasteiger partial charge in [-0.15, -0.1) is 10.1 Å². The average Bonchev–Trinajstić information content (AvgIpc) is 2.30. The maximum atomic E-state index is 11.6. The summed E-state index contributed by atoms with van der Waals surface area (Å²) in [6.45, 7) is 6.33. The van der Waals surface area contributed by atoms with Gasteiger partial charge in [0.05, 0.1) is 6.61 Å². The van der Waals surface area contributed by atoms with Gasteiger partial charge in [0, 0.05) is 25.7 Å². The molecule has 0 radical (unpaired) electrons. The van der Waals surface area contributed by atoms with E-state index in [9.17, 15) is 19.7 Å². The molecule has 0 aromatic carbocycles. The van der Waals surface area contributed by atoms with Crippen LogP contribution in [0.3, 0.4) is 0 Å². The van der Waals surface area contributed by atoms with Gasteiger partial charge < -0.3 is 4.84 Å². The summed E-state index contributed by atoms with van der Waals surface area (Å²) in [6, 6.07) is 0. The molecule has 0 rings (SSSR count). The molecule has 6 heteroatoms. The van der Waals surface area contributed by atoms with E-state index in [4.69, 9.17) is 0 Å². The normalized spacial score (nSPS) is 11.2. The molecule has 0 N–H and O–H groups in total. The predicted molar refractivity (Wildman–Crippen MR) is 74.7 cm³/mol. The van der Waals surface area contributed by atoms with Crippen molar-refractivity contribution in [3.8, 4) is 0 Å². The van der Waals surface area contributed by atoms with E-state index in [0.29, 0.717) is 12.8 Å². The maximum Gasteiger partial charge on any atom is 0.294 e. The molecule has 0 aliphatic heterocycles. The third-order valence-corrected chi connectivity index (χ3v) is 2.86. The molecule has 0 aromatic rings. The van der Waals surface area contributed by atoms with E-state index in [0.717, 1.165) is 12.8 Å². The van der Waals surface area contributed by atoms with Gasteiger partial charge in [0.15, 0.2) is 0 Å². The highest BCUT2D eigenvalue weighted by Crippen LogP contribution is 2.21. The first-order valence-corrected chi connectivity index (χ1v) is 7.01. The molecular weight excluding hydrogens is 262 g/mol. The Morgan fingerprint density at radius 2 is 1.50 bits per heavy atom. The van der Waals surface area contributed by atoms with E-state index in [1.54, 1.807) is 0 Å². The number of rotatable bonds is 11. The number of ketones is 2. The van der Waals surface area contributed by atoms with Crippen LogP contribution in [0, 0.1) is 15.5 Å². The highest BCUT2D eigenvalue weighted by molar-refractivity contribution is 5.85. The topological polar surface area (TPSA) is 86.5 Å². The van der Waals surface area contributed by atoms with E-state index < -0.39 is 5.09 Å². The number of carbonyl (C=O) groups is 2. The minimum atomic E-state index is -0.872. The molecule has 6 nitrogen and oxygen atoms in total. The van der Waals surface area contributed by atoms with Crippen LogP contribution in [0.4, 0.5) is 0 Å². The molecule has 0 fully saturated rings. The van der Waals surface area contributed by atoms with Crippen molar-refractivity contribution in [2.45, 2.75) is 65.7 Å². The summed E-state index contributed by atoms with van der Waals surface area (Å²) in [6.07, 6.45) is 3.42. The molecule has 0 aliphatic rings. The maximum absolute atomic E-state index is 11.6. The van der Waals surface area contributed by atoms with Gasteiger partial charge in [0.1, 0.15) is 11.6 Å². The first kappa shape index (κ1) is 18.5. The van der Waals surface area contributed by atoms with Crippen molar-refractivity contribution >= 4 is 11.6 Å². The van der Waals surface area contributed by atoms with E-state index in [1.165, 1.54) is 0 Å². The monoisotopic (exact) mass is 287 g/mol. The van der Waals surface area contributed by atoms with Crippen LogP contribution in [-0.2, 0) is 14.4 Å². The number of hydrogen-bond acceptors (Lipinski definition) is 5. The fraction of sp³-hybridized carbons (Fsp3) is 0.857. The summed E-state index contributed by atoms with van der Waals surface area (Å²) >= 11 is 0.